The van der Waals surface area contributed by atoms with Gasteiger partial charge in [-0.25, -0.2) is 0 Å². The highest BCUT2D eigenvalue weighted by atomic mass is 35.5. The fourth-order valence-corrected chi connectivity index (χ4v) is 3.29. The van der Waals surface area contributed by atoms with Crippen LogP contribution in [0.25, 0.3) is 0 Å². The van der Waals surface area contributed by atoms with Gasteiger partial charge in [0.25, 0.3) is 0 Å². The van der Waals surface area contributed by atoms with E-state index in [9.17, 15) is 5.11 Å². The first-order valence-corrected chi connectivity index (χ1v) is 9.07. The number of nitrogens with one attached hydrogen (secondary N) is 1. The van der Waals surface area contributed by atoms with Gasteiger partial charge in [0, 0.05) is 22.6 Å². The molecule has 0 aromatic heterocycles. The molecule has 4 nitrogen and oxygen atoms in total. The number of aliphatic hydroxyl groups excluding tert-OH is 1. The largest absolute Gasteiger partial charge is 0.492 e. The van der Waals surface area contributed by atoms with Gasteiger partial charge < -0.3 is 19.9 Å². The van der Waals surface area contributed by atoms with Gasteiger partial charge >= 0.3 is 0 Å². The van der Waals surface area contributed by atoms with Crippen LogP contribution in [0.1, 0.15) is 12.0 Å². The summed E-state index contributed by atoms with van der Waals surface area (Å²) in [6.45, 7) is 1.19. The second-order valence-corrected chi connectivity index (χ2v) is 7.01. The quantitative estimate of drug-likeness (QED) is 0.800. The van der Waals surface area contributed by atoms with Crippen LogP contribution in [0.2, 0.25) is 10.0 Å². The lowest BCUT2D eigenvalue weighted by Crippen LogP contribution is -2.40. The molecule has 2 unspecified atom stereocenters. The number of hydrogen-bond acceptors (Lipinski definition) is 4. The van der Waals surface area contributed by atoms with E-state index in [2.05, 4.69) is 11.4 Å². The highest BCUT2D eigenvalue weighted by molar-refractivity contribution is 6.34. The zero-order valence-corrected chi connectivity index (χ0v) is 15.3. The van der Waals surface area contributed by atoms with Crippen LogP contribution >= 0.6 is 23.2 Å². The Hall–Kier alpha value is -1.46. The van der Waals surface area contributed by atoms with E-state index in [0.29, 0.717) is 28.9 Å². The minimum absolute atomic E-state index is 0.164. The Labute approximate surface area is 157 Å². The van der Waals surface area contributed by atoms with Crippen LogP contribution in [0.3, 0.4) is 0 Å². The number of benzene rings is 2. The van der Waals surface area contributed by atoms with Gasteiger partial charge in [0.05, 0.1) is 0 Å². The molecule has 3 rings (SSSR count). The lowest BCUT2D eigenvalue weighted by atomic mass is 10.1. The molecule has 25 heavy (non-hydrogen) atoms. The maximum atomic E-state index is 10.1. The number of fused-ring (bicyclic) bond motifs is 1. The van der Waals surface area contributed by atoms with Gasteiger partial charge in [0.2, 0.25) is 0 Å². The summed E-state index contributed by atoms with van der Waals surface area (Å²) in [7, 11) is 0. The Morgan fingerprint density at radius 3 is 2.76 bits per heavy atom. The predicted octanol–water partition coefficient (Wildman–Crippen LogP) is 3.72. The van der Waals surface area contributed by atoms with Gasteiger partial charge in [-0.2, -0.15) is 0 Å². The molecular weight excluding hydrogens is 361 g/mol. The summed E-state index contributed by atoms with van der Waals surface area (Å²) in [4.78, 5) is 0. The number of ether oxygens (including phenoxy) is 2. The van der Waals surface area contributed by atoms with Crippen LogP contribution in [-0.2, 0) is 6.42 Å². The van der Waals surface area contributed by atoms with E-state index in [-0.39, 0.29) is 12.6 Å². The van der Waals surface area contributed by atoms with Gasteiger partial charge in [0.1, 0.15) is 30.8 Å². The van der Waals surface area contributed by atoms with E-state index < -0.39 is 6.10 Å². The maximum Gasteiger partial charge on any atom is 0.122 e. The summed E-state index contributed by atoms with van der Waals surface area (Å²) in [5.41, 5.74) is 1.23. The van der Waals surface area contributed by atoms with Crippen molar-refractivity contribution >= 4 is 23.2 Å². The van der Waals surface area contributed by atoms with E-state index in [0.717, 1.165) is 18.6 Å². The molecule has 0 fully saturated rings. The van der Waals surface area contributed by atoms with Gasteiger partial charge in [-0.1, -0.05) is 41.4 Å². The Morgan fingerprint density at radius 1 is 1.20 bits per heavy atom. The SMILES string of the molecule is OC(CNC1CCc2ccccc2OC1)COc1cc(Cl)cc(Cl)c1. The van der Waals surface area contributed by atoms with Gasteiger partial charge in [0.15, 0.2) is 0 Å². The topological polar surface area (TPSA) is 50.7 Å². The number of aryl methyl sites for hydroxylation is 1. The monoisotopic (exact) mass is 381 g/mol. The molecule has 0 saturated carbocycles. The molecule has 1 heterocycles. The van der Waals surface area contributed by atoms with Crippen LogP contribution in [0.4, 0.5) is 0 Å². The molecule has 0 saturated heterocycles. The maximum absolute atomic E-state index is 10.1. The fraction of sp³-hybridized carbons (Fsp3) is 0.368. The van der Waals surface area contributed by atoms with Crippen LogP contribution in [0, 0.1) is 0 Å². The molecule has 0 aliphatic carbocycles. The first kappa shape index (κ1) is 18.3. The van der Waals surface area contributed by atoms with Crippen LogP contribution < -0.4 is 14.8 Å². The summed E-state index contributed by atoms with van der Waals surface area (Å²) in [6, 6.07) is 13.3. The third-order valence-electron chi connectivity index (χ3n) is 4.10. The highest BCUT2D eigenvalue weighted by Crippen LogP contribution is 2.25. The third-order valence-corrected chi connectivity index (χ3v) is 4.53. The number of hydrogen-bond donors (Lipinski definition) is 2. The van der Waals surface area contributed by atoms with Crippen LogP contribution in [0.5, 0.6) is 11.5 Å². The zero-order chi connectivity index (χ0) is 17.6. The average Bonchev–Trinajstić information content (AvgIpc) is 2.80. The molecule has 1 aliphatic heterocycles. The number of para-hydroxylation sites is 1. The lowest BCUT2D eigenvalue weighted by molar-refractivity contribution is 0.101. The molecule has 0 spiro atoms. The first-order valence-electron chi connectivity index (χ1n) is 8.31. The van der Waals surface area contributed by atoms with Crippen molar-refractivity contribution in [2.24, 2.45) is 0 Å². The molecule has 0 radical (unpaired) electrons. The molecule has 1 aliphatic rings. The van der Waals surface area contributed by atoms with Crippen molar-refractivity contribution in [2.45, 2.75) is 25.0 Å². The summed E-state index contributed by atoms with van der Waals surface area (Å²) in [5.74, 6) is 1.50. The van der Waals surface area contributed by atoms with Gasteiger partial charge in [-0.15, -0.1) is 0 Å². The predicted molar refractivity (Wildman–Crippen MR) is 100 cm³/mol. The van der Waals surface area contributed by atoms with Crippen LogP contribution in [-0.4, -0.2) is 37.0 Å². The van der Waals surface area contributed by atoms with Crippen molar-refractivity contribution in [3.05, 3.63) is 58.1 Å². The van der Waals surface area contributed by atoms with Crippen molar-refractivity contribution in [2.75, 3.05) is 19.8 Å². The summed E-state index contributed by atoms with van der Waals surface area (Å²) in [5, 5.41) is 14.5. The van der Waals surface area contributed by atoms with E-state index >= 15 is 0 Å². The van der Waals surface area contributed by atoms with Crippen molar-refractivity contribution in [1.82, 2.24) is 5.32 Å². The van der Waals surface area contributed by atoms with Gasteiger partial charge in [-0.05, 0) is 42.7 Å². The highest BCUT2D eigenvalue weighted by Gasteiger charge is 2.17. The van der Waals surface area contributed by atoms with E-state index in [1.807, 2.05) is 18.2 Å². The fourth-order valence-electron chi connectivity index (χ4n) is 2.78. The lowest BCUT2D eigenvalue weighted by Gasteiger charge is -2.19. The van der Waals surface area contributed by atoms with Crippen molar-refractivity contribution in [3.8, 4) is 11.5 Å². The third kappa shape index (κ3) is 5.51. The Balaban J connectivity index is 1.42. The summed E-state index contributed by atoms with van der Waals surface area (Å²) >= 11 is 11.9. The second kappa shape index (κ2) is 8.77. The zero-order valence-electron chi connectivity index (χ0n) is 13.8. The van der Waals surface area contributed by atoms with Gasteiger partial charge in [-0.3, -0.25) is 0 Å². The normalized spacial score (nSPS) is 18.0. The summed E-state index contributed by atoms with van der Waals surface area (Å²) in [6.07, 6.45) is 1.29. The van der Waals surface area contributed by atoms with Crippen molar-refractivity contribution in [3.63, 3.8) is 0 Å². The summed E-state index contributed by atoms with van der Waals surface area (Å²) < 4.78 is 11.4. The Morgan fingerprint density at radius 2 is 1.96 bits per heavy atom. The van der Waals surface area contributed by atoms with Crippen molar-refractivity contribution in [1.29, 1.82) is 0 Å². The minimum Gasteiger partial charge on any atom is -0.492 e. The standard InChI is InChI=1S/C19H21Cl2NO3/c20-14-7-15(21)9-18(8-14)24-12-17(23)10-22-16-6-5-13-3-1-2-4-19(13)25-11-16/h1-4,7-9,16-17,22-23H,5-6,10-12H2. The first-order chi connectivity index (χ1) is 12.1. The molecule has 0 bridgehead atoms. The molecule has 2 aromatic carbocycles. The van der Waals surface area contributed by atoms with E-state index in [1.165, 1.54) is 5.56 Å². The number of rotatable bonds is 6. The van der Waals surface area contributed by atoms with Crippen LogP contribution in [0.15, 0.2) is 42.5 Å². The average molecular weight is 382 g/mol. The molecule has 2 atom stereocenters. The number of aliphatic hydroxyl groups is 1. The Kier molecular flexibility index (Phi) is 6.43. The van der Waals surface area contributed by atoms with E-state index in [4.69, 9.17) is 32.7 Å². The van der Waals surface area contributed by atoms with Crippen molar-refractivity contribution < 1.29 is 14.6 Å². The molecule has 0 amide bonds. The van der Waals surface area contributed by atoms with E-state index in [1.54, 1.807) is 18.2 Å². The second-order valence-electron chi connectivity index (χ2n) is 6.13. The molecular formula is C19H21Cl2NO3. The number of halogens is 2. The molecule has 134 valence electrons. The smallest absolute Gasteiger partial charge is 0.122 e. The molecule has 2 aromatic rings. The Bertz CT molecular complexity index is 664. The molecule has 2 N–H and O–H groups in total. The minimum atomic E-state index is -0.636. The molecule has 6 heteroatoms.